The van der Waals surface area contributed by atoms with Gasteiger partial charge in [-0.1, -0.05) is 0 Å². The maximum Gasteiger partial charge on any atom is 0.389 e. The van der Waals surface area contributed by atoms with Gasteiger partial charge in [0.25, 0.3) is 0 Å². The van der Waals surface area contributed by atoms with E-state index in [0.29, 0.717) is 0 Å². The van der Waals surface area contributed by atoms with Crippen molar-refractivity contribution in [1.82, 2.24) is 0 Å². The van der Waals surface area contributed by atoms with Gasteiger partial charge in [-0.3, -0.25) is 25.0 Å². The molecule has 1 aromatic rings. The van der Waals surface area contributed by atoms with Crippen molar-refractivity contribution in [3.8, 4) is 5.75 Å². The van der Waals surface area contributed by atoms with Gasteiger partial charge >= 0.3 is 11.4 Å². The van der Waals surface area contributed by atoms with Gasteiger partial charge < -0.3 is 10.1 Å². The van der Waals surface area contributed by atoms with Crippen LogP contribution in [-0.4, -0.2) is 28.7 Å². The number of rotatable bonds is 5. The number of carbonyl (C=O) groups excluding carboxylic acids is 1. The predicted octanol–water partition coefficient (Wildman–Crippen LogP) is 1.69. The molecule has 0 aliphatic carbocycles. The summed E-state index contributed by atoms with van der Waals surface area (Å²) in [4.78, 5) is 31.0. The summed E-state index contributed by atoms with van der Waals surface area (Å²) in [6.07, 6.45) is 0. The molecule has 0 saturated heterocycles. The van der Waals surface area contributed by atoms with Crippen LogP contribution in [0, 0.1) is 20.2 Å². The highest BCUT2D eigenvalue weighted by Crippen LogP contribution is 2.41. The van der Waals surface area contributed by atoms with Crippen LogP contribution in [0.3, 0.4) is 0 Å². The number of benzene rings is 1. The second-order valence-corrected chi connectivity index (χ2v) is 3.48. The Labute approximate surface area is 111 Å². The average Bonchev–Trinajstić information content (AvgIpc) is 2.37. The van der Waals surface area contributed by atoms with E-state index in [1.165, 1.54) is 0 Å². The SMILES string of the molecule is COc1ccc(NC(=O)CCl)c([N+](=O)[O-])c1[N+](=O)[O-]. The minimum atomic E-state index is -0.968. The number of halogens is 1. The van der Waals surface area contributed by atoms with E-state index in [1.54, 1.807) is 0 Å². The summed E-state index contributed by atoms with van der Waals surface area (Å²) in [5.41, 5.74) is -2.01. The largest absolute Gasteiger partial charge is 0.490 e. The minimum Gasteiger partial charge on any atom is -0.490 e. The van der Waals surface area contributed by atoms with E-state index in [2.05, 4.69) is 5.32 Å². The summed E-state index contributed by atoms with van der Waals surface area (Å²) < 4.78 is 4.70. The van der Waals surface area contributed by atoms with E-state index in [0.717, 1.165) is 19.2 Å². The maximum atomic E-state index is 11.1. The number of alkyl halides is 1. The van der Waals surface area contributed by atoms with Crippen LogP contribution in [0.2, 0.25) is 0 Å². The molecule has 19 heavy (non-hydrogen) atoms. The topological polar surface area (TPSA) is 125 Å². The van der Waals surface area contributed by atoms with Gasteiger partial charge in [-0.25, -0.2) is 0 Å². The number of nitro benzene ring substituents is 2. The molecule has 1 amide bonds. The second-order valence-electron chi connectivity index (χ2n) is 3.21. The quantitative estimate of drug-likeness (QED) is 0.499. The van der Waals surface area contributed by atoms with Crippen molar-refractivity contribution in [1.29, 1.82) is 0 Å². The predicted molar refractivity (Wildman–Crippen MR) is 65.7 cm³/mol. The molecule has 0 atom stereocenters. The van der Waals surface area contributed by atoms with Crippen LogP contribution in [0.25, 0.3) is 0 Å². The van der Waals surface area contributed by atoms with Gasteiger partial charge in [0, 0.05) is 0 Å². The van der Waals surface area contributed by atoms with E-state index < -0.39 is 33.0 Å². The Morgan fingerprint density at radius 3 is 2.32 bits per heavy atom. The third-order valence-corrected chi connectivity index (χ3v) is 2.34. The molecule has 0 saturated carbocycles. The lowest BCUT2D eigenvalue weighted by molar-refractivity contribution is -0.422. The molecule has 0 aromatic heterocycles. The van der Waals surface area contributed by atoms with Crippen LogP contribution in [0.15, 0.2) is 12.1 Å². The number of nitro groups is 2. The molecule has 0 spiro atoms. The third kappa shape index (κ3) is 3.07. The molecule has 1 N–H and O–H groups in total. The molecule has 0 aliphatic rings. The number of hydrogen-bond acceptors (Lipinski definition) is 6. The third-order valence-electron chi connectivity index (χ3n) is 2.09. The Balaban J connectivity index is 3.49. The van der Waals surface area contributed by atoms with Crippen molar-refractivity contribution in [2.75, 3.05) is 18.3 Å². The van der Waals surface area contributed by atoms with E-state index in [1.807, 2.05) is 0 Å². The molecular weight excluding hydrogens is 282 g/mol. The number of ether oxygens (including phenoxy) is 1. The van der Waals surface area contributed by atoms with Gasteiger partial charge in [-0.2, -0.15) is 0 Å². The first-order chi connectivity index (χ1) is 8.92. The summed E-state index contributed by atoms with van der Waals surface area (Å²) in [7, 11) is 1.14. The highest BCUT2D eigenvalue weighted by atomic mass is 35.5. The standard InChI is InChI=1S/C9H8ClN3O6/c1-19-6-3-2-5(11-7(14)4-10)8(12(15)16)9(6)13(17)18/h2-3H,4H2,1H3,(H,11,14). The van der Waals surface area contributed by atoms with Gasteiger partial charge in [0.2, 0.25) is 11.7 Å². The first-order valence-corrected chi connectivity index (χ1v) is 5.31. The van der Waals surface area contributed by atoms with Gasteiger partial charge in [-0.05, 0) is 12.1 Å². The summed E-state index contributed by atoms with van der Waals surface area (Å²) >= 11 is 5.25. The van der Waals surface area contributed by atoms with Gasteiger partial charge in [0.15, 0.2) is 0 Å². The Morgan fingerprint density at radius 2 is 1.89 bits per heavy atom. The molecule has 9 nitrogen and oxygen atoms in total. The molecule has 0 aliphatic heterocycles. The van der Waals surface area contributed by atoms with Crippen molar-refractivity contribution >= 4 is 34.6 Å². The Hall–Kier alpha value is -2.42. The zero-order chi connectivity index (χ0) is 14.6. The van der Waals surface area contributed by atoms with E-state index >= 15 is 0 Å². The van der Waals surface area contributed by atoms with Crippen LogP contribution >= 0.6 is 11.6 Å². The summed E-state index contributed by atoms with van der Waals surface area (Å²) in [5, 5.41) is 24.0. The number of anilines is 1. The van der Waals surface area contributed by atoms with Crippen molar-refractivity contribution in [3.05, 3.63) is 32.4 Å². The zero-order valence-electron chi connectivity index (χ0n) is 9.58. The van der Waals surface area contributed by atoms with Crippen LogP contribution in [0.5, 0.6) is 5.75 Å². The highest BCUT2D eigenvalue weighted by molar-refractivity contribution is 6.29. The van der Waals surface area contributed by atoms with E-state index in [9.17, 15) is 25.0 Å². The molecule has 1 rings (SSSR count). The fourth-order valence-corrected chi connectivity index (χ4v) is 1.44. The van der Waals surface area contributed by atoms with Crippen LogP contribution in [-0.2, 0) is 4.79 Å². The van der Waals surface area contributed by atoms with E-state index in [-0.39, 0.29) is 11.4 Å². The smallest absolute Gasteiger partial charge is 0.389 e. The number of methoxy groups -OCH3 is 1. The minimum absolute atomic E-state index is 0.277. The Morgan fingerprint density at radius 1 is 1.32 bits per heavy atom. The number of nitrogens with one attached hydrogen (secondary N) is 1. The van der Waals surface area contributed by atoms with E-state index in [4.69, 9.17) is 16.3 Å². The van der Waals surface area contributed by atoms with Gasteiger partial charge in [-0.15, -0.1) is 11.6 Å². The van der Waals surface area contributed by atoms with Gasteiger partial charge in [0.05, 0.1) is 17.0 Å². The highest BCUT2D eigenvalue weighted by Gasteiger charge is 2.34. The Kier molecular flexibility index (Phi) is 4.59. The molecule has 0 heterocycles. The number of carbonyl (C=O) groups is 1. The van der Waals surface area contributed by atoms with Gasteiger partial charge in [0.1, 0.15) is 11.6 Å². The monoisotopic (exact) mass is 289 g/mol. The molecule has 0 fully saturated rings. The summed E-state index contributed by atoms with van der Waals surface area (Å²) in [6, 6.07) is 2.28. The molecule has 0 bridgehead atoms. The first-order valence-electron chi connectivity index (χ1n) is 4.78. The van der Waals surface area contributed by atoms with Crippen molar-refractivity contribution in [3.63, 3.8) is 0 Å². The average molecular weight is 290 g/mol. The molecule has 0 radical (unpaired) electrons. The summed E-state index contributed by atoms with van der Waals surface area (Å²) in [5.74, 6) is -1.43. The molecule has 1 aromatic carbocycles. The normalized spacial score (nSPS) is 9.79. The lowest BCUT2D eigenvalue weighted by Crippen LogP contribution is -2.14. The van der Waals surface area contributed by atoms with Crippen molar-refractivity contribution in [2.45, 2.75) is 0 Å². The first kappa shape index (κ1) is 14.6. The van der Waals surface area contributed by atoms with Crippen molar-refractivity contribution in [2.24, 2.45) is 0 Å². The van der Waals surface area contributed by atoms with Crippen molar-refractivity contribution < 1.29 is 19.4 Å². The number of nitrogens with zero attached hydrogens (tertiary/aromatic N) is 2. The molecule has 102 valence electrons. The maximum absolute atomic E-state index is 11.1. The Bertz CT molecular complexity index is 547. The fourth-order valence-electron chi connectivity index (χ4n) is 1.37. The van der Waals surface area contributed by atoms with Crippen LogP contribution < -0.4 is 10.1 Å². The zero-order valence-corrected chi connectivity index (χ0v) is 10.3. The van der Waals surface area contributed by atoms with Crippen LogP contribution in [0.4, 0.5) is 17.1 Å². The lowest BCUT2D eigenvalue weighted by atomic mass is 10.2. The molecular formula is C9H8ClN3O6. The molecule has 0 unspecified atom stereocenters. The van der Waals surface area contributed by atoms with Crippen LogP contribution in [0.1, 0.15) is 0 Å². The second kappa shape index (κ2) is 5.96. The summed E-state index contributed by atoms with van der Waals surface area (Å²) in [6.45, 7) is 0. The number of amides is 1. The lowest BCUT2D eigenvalue weighted by Gasteiger charge is -2.07. The molecule has 10 heteroatoms. The number of hydrogen-bond donors (Lipinski definition) is 1. The fraction of sp³-hybridized carbons (Fsp3) is 0.222.